The van der Waals surface area contributed by atoms with Crippen LogP contribution in [0, 0.1) is 0 Å². The summed E-state index contributed by atoms with van der Waals surface area (Å²) in [5, 5.41) is 8.36. The molecule has 6 nitrogen and oxygen atoms in total. The summed E-state index contributed by atoms with van der Waals surface area (Å²) in [6, 6.07) is 13.6. The molecule has 0 aromatic heterocycles. The summed E-state index contributed by atoms with van der Waals surface area (Å²) in [6.07, 6.45) is 0. The molecule has 1 atom stereocenters. The van der Waals surface area contributed by atoms with E-state index in [1.165, 1.54) is 0 Å². The Morgan fingerprint density at radius 2 is 1.85 bits per heavy atom. The predicted octanol–water partition coefficient (Wildman–Crippen LogP) is 3.72. The molecule has 0 fully saturated rings. The number of ether oxygens (including phenoxy) is 1. The molecule has 0 saturated heterocycles. The van der Waals surface area contributed by atoms with E-state index < -0.39 is 6.04 Å². The number of amides is 3. The number of halogens is 1. The fourth-order valence-electron chi connectivity index (χ4n) is 2.81. The summed E-state index contributed by atoms with van der Waals surface area (Å²) in [5.74, 6) is 0.414. The zero-order chi connectivity index (χ0) is 18.7. The van der Waals surface area contributed by atoms with Crippen LogP contribution in [0.15, 0.2) is 64.3 Å². The molecule has 3 amide bonds. The van der Waals surface area contributed by atoms with Crippen molar-refractivity contribution in [2.75, 3.05) is 12.4 Å². The second kappa shape index (κ2) is 7.61. The summed E-state index contributed by atoms with van der Waals surface area (Å²) in [4.78, 5) is 24.9. The van der Waals surface area contributed by atoms with Gasteiger partial charge in [0.05, 0.1) is 18.7 Å². The van der Waals surface area contributed by atoms with E-state index in [0.29, 0.717) is 22.7 Å². The van der Waals surface area contributed by atoms with Gasteiger partial charge >= 0.3 is 6.03 Å². The van der Waals surface area contributed by atoms with Gasteiger partial charge in [0.25, 0.3) is 5.91 Å². The first-order valence-electron chi connectivity index (χ1n) is 7.97. The van der Waals surface area contributed by atoms with Crippen LogP contribution in [-0.2, 0) is 4.79 Å². The molecule has 0 spiro atoms. The normalized spacial score (nSPS) is 16.6. The van der Waals surface area contributed by atoms with E-state index in [-0.39, 0.29) is 11.9 Å². The van der Waals surface area contributed by atoms with Crippen molar-refractivity contribution >= 4 is 33.6 Å². The van der Waals surface area contributed by atoms with E-state index in [1.807, 2.05) is 24.3 Å². The van der Waals surface area contributed by atoms with Gasteiger partial charge < -0.3 is 20.7 Å². The van der Waals surface area contributed by atoms with Gasteiger partial charge in [0.1, 0.15) is 5.75 Å². The van der Waals surface area contributed by atoms with E-state index in [4.69, 9.17) is 4.74 Å². The Bertz CT molecular complexity index is 878. The molecule has 3 rings (SSSR count). The molecule has 7 heteroatoms. The van der Waals surface area contributed by atoms with E-state index in [0.717, 1.165) is 10.0 Å². The van der Waals surface area contributed by atoms with Crippen LogP contribution in [0.3, 0.4) is 0 Å². The van der Waals surface area contributed by atoms with Crippen molar-refractivity contribution in [3.05, 3.63) is 69.8 Å². The maximum absolute atomic E-state index is 12.9. The highest BCUT2D eigenvalue weighted by Crippen LogP contribution is 2.32. The Morgan fingerprint density at radius 1 is 1.15 bits per heavy atom. The number of carbonyl (C=O) groups is 2. The van der Waals surface area contributed by atoms with Crippen LogP contribution in [0.2, 0.25) is 0 Å². The molecule has 0 radical (unpaired) electrons. The van der Waals surface area contributed by atoms with E-state index in [2.05, 4.69) is 31.9 Å². The quantitative estimate of drug-likeness (QED) is 0.711. The fourth-order valence-corrected chi connectivity index (χ4v) is 3.32. The highest BCUT2D eigenvalue weighted by atomic mass is 79.9. The molecule has 2 aromatic carbocycles. The summed E-state index contributed by atoms with van der Waals surface area (Å²) in [7, 11) is 1.58. The first-order valence-corrected chi connectivity index (χ1v) is 8.77. The number of rotatable bonds is 4. The number of carbonyl (C=O) groups excluding carboxylic acids is 2. The molecule has 0 aliphatic carbocycles. The predicted molar refractivity (Wildman–Crippen MR) is 103 cm³/mol. The lowest BCUT2D eigenvalue weighted by molar-refractivity contribution is -0.113. The largest absolute Gasteiger partial charge is 0.497 e. The average Bonchev–Trinajstić information content (AvgIpc) is 2.62. The van der Waals surface area contributed by atoms with E-state index in [1.54, 1.807) is 38.3 Å². The Labute approximate surface area is 159 Å². The van der Waals surface area contributed by atoms with Gasteiger partial charge in [-0.05, 0) is 42.8 Å². The van der Waals surface area contributed by atoms with E-state index in [9.17, 15) is 9.59 Å². The molecule has 0 saturated carbocycles. The molecule has 1 aliphatic rings. The molecule has 0 bridgehead atoms. The topological polar surface area (TPSA) is 79.5 Å². The summed E-state index contributed by atoms with van der Waals surface area (Å²) in [5.41, 5.74) is 2.41. The minimum absolute atomic E-state index is 0.291. The smallest absolute Gasteiger partial charge is 0.319 e. The first-order chi connectivity index (χ1) is 12.5. The lowest BCUT2D eigenvalue weighted by Gasteiger charge is -2.29. The lowest BCUT2D eigenvalue weighted by atomic mass is 9.95. The lowest BCUT2D eigenvalue weighted by Crippen LogP contribution is -2.46. The zero-order valence-corrected chi connectivity index (χ0v) is 15.9. The number of nitrogens with one attached hydrogen (secondary N) is 3. The Morgan fingerprint density at radius 3 is 2.50 bits per heavy atom. The fraction of sp³-hybridized carbons (Fsp3) is 0.158. The van der Waals surface area contributed by atoms with Crippen molar-refractivity contribution in [3.63, 3.8) is 0 Å². The van der Waals surface area contributed by atoms with Gasteiger partial charge in [-0.15, -0.1) is 0 Å². The monoisotopic (exact) mass is 415 g/mol. The molecule has 3 N–H and O–H groups in total. The van der Waals surface area contributed by atoms with Gasteiger partial charge in [0.15, 0.2) is 0 Å². The van der Waals surface area contributed by atoms with Crippen LogP contribution in [0.5, 0.6) is 5.75 Å². The van der Waals surface area contributed by atoms with Crippen LogP contribution in [0.4, 0.5) is 10.5 Å². The van der Waals surface area contributed by atoms with Crippen molar-refractivity contribution in [1.82, 2.24) is 10.6 Å². The minimum Gasteiger partial charge on any atom is -0.497 e. The zero-order valence-electron chi connectivity index (χ0n) is 14.3. The maximum Gasteiger partial charge on any atom is 0.319 e. The van der Waals surface area contributed by atoms with Crippen LogP contribution >= 0.6 is 15.9 Å². The van der Waals surface area contributed by atoms with Gasteiger partial charge in [-0.1, -0.05) is 34.1 Å². The van der Waals surface area contributed by atoms with Crippen molar-refractivity contribution in [2.24, 2.45) is 0 Å². The van der Waals surface area contributed by atoms with Gasteiger partial charge in [-0.3, -0.25) is 4.79 Å². The highest BCUT2D eigenvalue weighted by Gasteiger charge is 2.32. The van der Waals surface area contributed by atoms with Crippen LogP contribution in [0.1, 0.15) is 18.5 Å². The van der Waals surface area contributed by atoms with Crippen LogP contribution in [-0.4, -0.2) is 19.0 Å². The average molecular weight is 416 g/mol. The molecular weight excluding hydrogens is 398 g/mol. The number of urea groups is 1. The van der Waals surface area contributed by atoms with Crippen LogP contribution in [0.25, 0.3) is 0 Å². The third-order valence-corrected chi connectivity index (χ3v) is 4.80. The Kier molecular flexibility index (Phi) is 5.27. The van der Waals surface area contributed by atoms with Crippen molar-refractivity contribution < 1.29 is 14.3 Å². The Balaban J connectivity index is 1.93. The second-order valence-corrected chi connectivity index (χ2v) is 6.63. The maximum atomic E-state index is 12.9. The molecule has 134 valence electrons. The molecule has 1 aliphatic heterocycles. The SMILES string of the molecule is COc1ccc(NC(=O)C2=C(C)NC(=O)N[C@@H]2c2ccccc2Br)cc1. The van der Waals surface area contributed by atoms with Crippen molar-refractivity contribution in [2.45, 2.75) is 13.0 Å². The number of hydrogen-bond donors (Lipinski definition) is 3. The molecule has 1 heterocycles. The molecular formula is C19H18BrN3O3. The van der Waals surface area contributed by atoms with Gasteiger partial charge in [0, 0.05) is 15.9 Å². The molecule has 0 unspecified atom stereocenters. The Hall–Kier alpha value is -2.80. The minimum atomic E-state index is -0.558. The third-order valence-electron chi connectivity index (χ3n) is 4.08. The number of hydrogen-bond acceptors (Lipinski definition) is 3. The number of benzene rings is 2. The highest BCUT2D eigenvalue weighted by molar-refractivity contribution is 9.10. The standard InChI is InChI=1S/C19H18BrN3O3/c1-11-16(18(24)22-12-7-9-13(26-2)10-8-12)17(23-19(25)21-11)14-5-3-4-6-15(14)20/h3-10,17H,1-2H3,(H,22,24)(H2,21,23,25)/t17-/m1/s1. The molecule has 2 aromatic rings. The van der Waals surface area contributed by atoms with Gasteiger partial charge in [-0.2, -0.15) is 0 Å². The summed E-state index contributed by atoms with van der Waals surface area (Å²) >= 11 is 3.49. The van der Waals surface area contributed by atoms with Gasteiger partial charge in [0.2, 0.25) is 0 Å². The van der Waals surface area contributed by atoms with Crippen molar-refractivity contribution in [3.8, 4) is 5.75 Å². The van der Waals surface area contributed by atoms with E-state index >= 15 is 0 Å². The number of allylic oxidation sites excluding steroid dienone is 1. The number of anilines is 1. The third kappa shape index (κ3) is 3.72. The molecule has 26 heavy (non-hydrogen) atoms. The summed E-state index contributed by atoms with van der Waals surface area (Å²) < 4.78 is 5.94. The van der Waals surface area contributed by atoms with Crippen molar-refractivity contribution in [1.29, 1.82) is 0 Å². The second-order valence-electron chi connectivity index (χ2n) is 5.77. The van der Waals surface area contributed by atoms with Gasteiger partial charge in [-0.25, -0.2) is 4.79 Å². The summed E-state index contributed by atoms with van der Waals surface area (Å²) in [6.45, 7) is 1.71. The first kappa shape index (κ1) is 18.0. The number of methoxy groups -OCH3 is 1. The van der Waals surface area contributed by atoms with Crippen LogP contribution < -0.4 is 20.7 Å².